The van der Waals surface area contributed by atoms with Gasteiger partial charge in [0.2, 0.25) is 5.91 Å². The minimum atomic E-state index is -0.0397. The third-order valence-corrected chi connectivity index (χ3v) is 4.21. The number of ether oxygens (including phenoxy) is 1. The maximum atomic E-state index is 11.9. The number of hydrogen-bond donors (Lipinski definition) is 2. The van der Waals surface area contributed by atoms with E-state index in [1.165, 1.54) is 0 Å². The van der Waals surface area contributed by atoms with E-state index in [0.29, 0.717) is 39.3 Å². The molecule has 0 saturated carbocycles. The number of aliphatic hydroxyl groups excluding tert-OH is 1. The van der Waals surface area contributed by atoms with Gasteiger partial charge in [0.15, 0.2) is 0 Å². The summed E-state index contributed by atoms with van der Waals surface area (Å²) >= 11 is 0. The molecule has 2 N–H and O–H groups in total. The van der Waals surface area contributed by atoms with Gasteiger partial charge in [-0.3, -0.25) is 4.79 Å². The van der Waals surface area contributed by atoms with Crippen molar-refractivity contribution in [2.24, 2.45) is 5.41 Å². The minimum absolute atomic E-state index is 0.0397. The predicted molar refractivity (Wildman–Crippen MR) is 75.0 cm³/mol. The zero-order valence-corrected chi connectivity index (χ0v) is 12.3. The van der Waals surface area contributed by atoms with Crippen LogP contribution >= 0.6 is 0 Å². The molecule has 0 unspecified atom stereocenters. The van der Waals surface area contributed by atoms with Gasteiger partial charge >= 0.3 is 0 Å². The van der Waals surface area contributed by atoms with Crippen LogP contribution in [0.15, 0.2) is 0 Å². The molecule has 0 bridgehead atoms. The fraction of sp³-hybridized carbons (Fsp3) is 0.929. The van der Waals surface area contributed by atoms with Crippen LogP contribution in [0.3, 0.4) is 0 Å². The number of carbonyl (C=O) groups is 1. The van der Waals surface area contributed by atoms with E-state index in [2.05, 4.69) is 19.2 Å². The van der Waals surface area contributed by atoms with E-state index in [1.54, 1.807) is 0 Å². The first-order chi connectivity index (χ1) is 9.17. The van der Waals surface area contributed by atoms with Gasteiger partial charge in [0.05, 0.1) is 13.2 Å². The summed E-state index contributed by atoms with van der Waals surface area (Å²) in [5.74, 6) is 0.193. The molecule has 0 aromatic heterocycles. The van der Waals surface area contributed by atoms with Gasteiger partial charge in [-0.25, -0.2) is 0 Å². The van der Waals surface area contributed by atoms with Crippen LogP contribution in [-0.4, -0.2) is 61.9 Å². The smallest absolute Gasteiger partial charge is 0.224 e. The summed E-state index contributed by atoms with van der Waals surface area (Å²) in [6.07, 6.45) is 2.42. The highest BCUT2D eigenvalue weighted by atomic mass is 16.5. The van der Waals surface area contributed by atoms with Crippen LogP contribution in [0, 0.1) is 5.41 Å². The molecule has 1 saturated heterocycles. The van der Waals surface area contributed by atoms with E-state index in [9.17, 15) is 9.90 Å². The number of carbonyl (C=O) groups excluding carboxylic acids is 1. The summed E-state index contributed by atoms with van der Waals surface area (Å²) in [7, 11) is 0. The molecule has 0 aliphatic carbocycles. The Balaban J connectivity index is 2.20. The van der Waals surface area contributed by atoms with Gasteiger partial charge in [-0.2, -0.15) is 0 Å². The molecular weight excluding hydrogens is 244 g/mol. The molecule has 0 aromatic carbocycles. The molecule has 1 rings (SSSR count). The van der Waals surface area contributed by atoms with E-state index >= 15 is 0 Å². The van der Waals surface area contributed by atoms with Crippen LogP contribution in [0.4, 0.5) is 0 Å². The van der Waals surface area contributed by atoms with E-state index in [0.717, 1.165) is 19.4 Å². The Labute approximate surface area is 116 Å². The van der Waals surface area contributed by atoms with E-state index < -0.39 is 0 Å². The van der Waals surface area contributed by atoms with Crippen molar-refractivity contribution < 1.29 is 14.6 Å². The average Bonchev–Trinajstić information content (AvgIpc) is 2.49. The molecule has 5 heteroatoms. The first-order valence-electron chi connectivity index (χ1n) is 7.34. The molecule has 0 atom stereocenters. The highest BCUT2D eigenvalue weighted by Crippen LogP contribution is 2.24. The van der Waals surface area contributed by atoms with Crippen LogP contribution in [0.25, 0.3) is 0 Å². The number of amides is 1. The van der Waals surface area contributed by atoms with Crippen molar-refractivity contribution in [1.82, 2.24) is 10.2 Å². The lowest BCUT2D eigenvalue weighted by molar-refractivity contribution is -0.135. The van der Waals surface area contributed by atoms with Crippen LogP contribution in [-0.2, 0) is 9.53 Å². The first kappa shape index (κ1) is 16.4. The summed E-state index contributed by atoms with van der Waals surface area (Å²) in [5.41, 5.74) is -0.0397. The molecule has 1 aliphatic heterocycles. The quantitative estimate of drug-likeness (QED) is 0.636. The molecule has 0 spiro atoms. The third-order valence-electron chi connectivity index (χ3n) is 4.21. The van der Waals surface area contributed by atoms with Crippen molar-refractivity contribution in [2.45, 2.75) is 33.1 Å². The maximum Gasteiger partial charge on any atom is 0.224 e. The van der Waals surface area contributed by atoms with Gasteiger partial charge in [-0.05, 0) is 12.8 Å². The Morgan fingerprint density at radius 1 is 1.32 bits per heavy atom. The highest BCUT2D eigenvalue weighted by Gasteiger charge is 2.24. The second-order valence-electron chi connectivity index (χ2n) is 5.29. The fourth-order valence-electron chi connectivity index (χ4n) is 2.30. The van der Waals surface area contributed by atoms with Crippen molar-refractivity contribution in [2.75, 3.05) is 46.0 Å². The molecule has 112 valence electrons. The lowest BCUT2D eigenvalue weighted by atomic mass is 9.83. The average molecular weight is 272 g/mol. The Kier molecular flexibility index (Phi) is 7.34. The fourth-order valence-corrected chi connectivity index (χ4v) is 2.30. The number of rotatable bonds is 8. The second kappa shape index (κ2) is 8.51. The molecule has 19 heavy (non-hydrogen) atoms. The SMILES string of the molecule is CCC(CC)(CO)CNCCC(=O)N1CCOCC1. The van der Waals surface area contributed by atoms with Gasteiger partial charge in [-0.15, -0.1) is 0 Å². The van der Waals surface area contributed by atoms with Crippen molar-refractivity contribution >= 4 is 5.91 Å². The normalized spacial score (nSPS) is 16.7. The van der Waals surface area contributed by atoms with Crippen LogP contribution in [0.1, 0.15) is 33.1 Å². The highest BCUT2D eigenvalue weighted by molar-refractivity contribution is 5.76. The van der Waals surface area contributed by atoms with Gasteiger partial charge in [0.1, 0.15) is 0 Å². The summed E-state index contributed by atoms with van der Waals surface area (Å²) in [6, 6.07) is 0. The summed E-state index contributed by atoms with van der Waals surface area (Å²) in [4.78, 5) is 13.8. The molecule has 0 radical (unpaired) electrons. The molecule has 1 heterocycles. The third kappa shape index (κ3) is 5.09. The van der Waals surface area contributed by atoms with Crippen LogP contribution in [0.5, 0.6) is 0 Å². The zero-order valence-electron chi connectivity index (χ0n) is 12.3. The van der Waals surface area contributed by atoms with E-state index in [-0.39, 0.29) is 17.9 Å². The Morgan fingerprint density at radius 3 is 2.47 bits per heavy atom. The zero-order chi connectivity index (χ0) is 14.1. The number of morpholine rings is 1. The summed E-state index contributed by atoms with van der Waals surface area (Å²) in [6.45, 7) is 8.57. The van der Waals surface area contributed by atoms with E-state index in [1.807, 2.05) is 4.90 Å². The first-order valence-corrected chi connectivity index (χ1v) is 7.34. The number of nitrogens with one attached hydrogen (secondary N) is 1. The largest absolute Gasteiger partial charge is 0.396 e. The second-order valence-corrected chi connectivity index (χ2v) is 5.29. The van der Waals surface area contributed by atoms with Crippen molar-refractivity contribution in [1.29, 1.82) is 0 Å². The van der Waals surface area contributed by atoms with Crippen molar-refractivity contribution in [3.63, 3.8) is 0 Å². The molecule has 1 aliphatic rings. The maximum absolute atomic E-state index is 11.9. The monoisotopic (exact) mass is 272 g/mol. The summed E-state index contributed by atoms with van der Waals surface area (Å²) in [5, 5.41) is 12.8. The lowest BCUT2D eigenvalue weighted by Crippen LogP contribution is -2.42. The van der Waals surface area contributed by atoms with Crippen LogP contribution in [0.2, 0.25) is 0 Å². The number of hydrogen-bond acceptors (Lipinski definition) is 4. The molecule has 1 amide bonds. The number of nitrogens with zero attached hydrogens (tertiary/aromatic N) is 1. The van der Waals surface area contributed by atoms with Crippen LogP contribution < -0.4 is 5.32 Å². The Bertz CT molecular complexity index is 253. The van der Waals surface area contributed by atoms with Crippen molar-refractivity contribution in [3.8, 4) is 0 Å². The van der Waals surface area contributed by atoms with Gasteiger partial charge in [-0.1, -0.05) is 13.8 Å². The molecule has 5 nitrogen and oxygen atoms in total. The topological polar surface area (TPSA) is 61.8 Å². The van der Waals surface area contributed by atoms with E-state index in [4.69, 9.17) is 4.74 Å². The lowest BCUT2D eigenvalue weighted by Gasteiger charge is -2.30. The van der Waals surface area contributed by atoms with Gasteiger partial charge in [0, 0.05) is 44.6 Å². The minimum Gasteiger partial charge on any atom is -0.396 e. The predicted octanol–water partition coefficient (Wildman–Crippen LogP) is 0.624. The standard InChI is InChI=1S/C14H28N2O3/c1-3-14(4-2,12-17)11-15-6-5-13(18)16-7-9-19-10-8-16/h15,17H,3-12H2,1-2H3. The van der Waals surface area contributed by atoms with Crippen molar-refractivity contribution in [3.05, 3.63) is 0 Å². The molecule has 1 fully saturated rings. The number of aliphatic hydroxyl groups is 1. The molecular formula is C14H28N2O3. The van der Waals surface area contributed by atoms with Gasteiger partial charge in [0.25, 0.3) is 0 Å². The Hall–Kier alpha value is -0.650. The molecule has 0 aromatic rings. The van der Waals surface area contributed by atoms with Gasteiger partial charge < -0.3 is 20.1 Å². The summed E-state index contributed by atoms with van der Waals surface area (Å²) < 4.78 is 5.23. The Morgan fingerprint density at radius 2 is 1.95 bits per heavy atom.